The first kappa shape index (κ1) is 26.3. The van der Waals surface area contributed by atoms with Crippen LogP contribution in [0.25, 0.3) is 33.1 Å². The first-order valence-corrected chi connectivity index (χ1v) is 13.7. The minimum atomic E-state index is -1.13. The van der Waals surface area contributed by atoms with Gasteiger partial charge in [0.1, 0.15) is 23.0 Å². The molecule has 0 saturated carbocycles. The Labute approximate surface area is 228 Å². The molecule has 1 atom stereocenters. The Morgan fingerprint density at radius 3 is 2.28 bits per heavy atom. The minimum Gasteiger partial charge on any atom is -0.480 e. The summed E-state index contributed by atoms with van der Waals surface area (Å²) in [6.45, 7) is 3.66. The summed E-state index contributed by atoms with van der Waals surface area (Å²) in [6.07, 6.45) is -0.286. The van der Waals surface area contributed by atoms with Gasteiger partial charge in [-0.15, -0.1) is 0 Å². The highest BCUT2D eigenvalue weighted by molar-refractivity contribution is 7.98. The number of hydrogen-bond donors (Lipinski definition) is 2. The number of hydrogen-bond acceptors (Lipinski definition) is 6. The largest absolute Gasteiger partial charge is 0.480 e. The number of carbonyl (C=O) groups excluding carboxylic acids is 1. The van der Waals surface area contributed by atoms with Crippen molar-refractivity contribution in [2.75, 3.05) is 5.75 Å². The fourth-order valence-electron chi connectivity index (χ4n) is 4.72. The van der Waals surface area contributed by atoms with Crippen molar-refractivity contribution in [3.63, 3.8) is 0 Å². The predicted molar refractivity (Wildman–Crippen MR) is 153 cm³/mol. The zero-order valence-corrected chi connectivity index (χ0v) is 22.3. The molecular formula is C31H27NO6S. The second-order valence-corrected chi connectivity index (χ2v) is 10.4. The number of amides is 1. The molecule has 198 valence electrons. The van der Waals surface area contributed by atoms with Gasteiger partial charge in [0.25, 0.3) is 0 Å². The van der Waals surface area contributed by atoms with Crippen LogP contribution in [0.4, 0.5) is 0 Å². The van der Waals surface area contributed by atoms with Crippen molar-refractivity contribution in [2.45, 2.75) is 32.1 Å². The summed E-state index contributed by atoms with van der Waals surface area (Å²) >= 11 is 1.42. The number of rotatable bonds is 9. The zero-order chi connectivity index (χ0) is 27.5. The highest BCUT2D eigenvalue weighted by Gasteiger charge is 2.23. The average molecular weight is 542 g/mol. The van der Waals surface area contributed by atoms with Gasteiger partial charge >= 0.3 is 11.6 Å². The van der Waals surface area contributed by atoms with Crippen LogP contribution in [0.3, 0.4) is 0 Å². The van der Waals surface area contributed by atoms with Gasteiger partial charge in [-0.25, -0.2) is 9.59 Å². The maximum absolute atomic E-state index is 12.9. The first-order chi connectivity index (χ1) is 18.8. The molecule has 39 heavy (non-hydrogen) atoms. The summed E-state index contributed by atoms with van der Waals surface area (Å²) in [5.74, 6) is -0.113. The Morgan fingerprint density at radius 2 is 1.59 bits per heavy atom. The number of aryl methyl sites for hydroxylation is 2. The molecule has 2 heterocycles. The van der Waals surface area contributed by atoms with Crippen LogP contribution in [0.2, 0.25) is 0 Å². The van der Waals surface area contributed by atoms with E-state index in [4.69, 9.17) is 8.83 Å². The summed E-state index contributed by atoms with van der Waals surface area (Å²) in [4.78, 5) is 37.5. The van der Waals surface area contributed by atoms with Crippen molar-refractivity contribution in [3.8, 4) is 11.1 Å². The Bertz CT molecular complexity index is 1720. The van der Waals surface area contributed by atoms with E-state index >= 15 is 0 Å². The fourth-order valence-corrected chi connectivity index (χ4v) is 5.73. The van der Waals surface area contributed by atoms with Crippen LogP contribution in [0.5, 0.6) is 0 Å². The third kappa shape index (κ3) is 5.61. The van der Waals surface area contributed by atoms with E-state index in [2.05, 4.69) is 5.32 Å². The summed E-state index contributed by atoms with van der Waals surface area (Å²) < 4.78 is 11.6. The number of carbonyl (C=O) groups is 2. The molecule has 5 aromatic rings. The van der Waals surface area contributed by atoms with Crippen molar-refractivity contribution in [1.29, 1.82) is 0 Å². The van der Waals surface area contributed by atoms with Gasteiger partial charge in [0.2, 0.25) is 5.91 Å². The highest BCUT2D eigenvalue weighted by Crippen LogP contribution is 2.37. The molecule has 0 aliphatic carbocycles. The van der Waals surface area contributed by atoms with Crippen LogP contribution in [0.15, 0.2) is 86.4 Å². The first-order valence-electron chi connectivity index (χ1n) is 12.5. The Balaban J connectivity index is 1.39. The number of fused-ring (bicyclic) bond motifs is 2. The predicted octanol–water partition coefficient (Wildman–Crippen LogP) is 5.87. The van der Waals surface area contributed by atoms with E-state index in [0.29, 0.717) is 27.9 Å². The number of furan rings is 1. The Hall–Kier alpha value is -4.30. The van der Waals surface area contributed by atoms with Gasteiger partial charge in [-0.2, -0.15) is 11.8 Å². The van der Waals surface area contributed by atoms with E-state index in [1.54, 1.807) is 13.0 Å². The monoisotopic (exact) mass is 541 g/mol. The smallest absolute Gasteiger partial charge is 0.340 e. The number of benzene rings is 3. The normalized spacial score (nSPS) is 12.1. The molecule has 0 saturated heterocycles. The van der Waals surface area contributed by atoms with E-state index in [0.717, 1.165) is 27.8 Å². The molecule has 0 aliphatic heterocycles. The van der Waals surface area contributed by atoms with Crippen molar-refractivity contribution in [1.82, 2.24) is 5.32 Å². The number of nitrogens with one attached hydrogen (secondary N) is 1. The molecule has 0 aliphatic rings. The summed E-state index contributed by atoms with van der Waals surface area (Å²) in [6, 6.07) is 22.1. The molecule has 0 radical (unpaired) electrons. The molecule has 2 N–H and O–H groups in total. The molecule has 2 aromatic heterocycles. The molecule has 0 unspecified atom stereocenters. The topological polar surface area (TPSA) is 110 Å². The van der Waals surface area contributed by atoms with Crippen LogP contribution in [-0.2, 0) is 21.8 Å². The standard InChI is InChI=1S/C31H27NO6S/c1-18-22-13-24-27(37-19(2)29(24)21-11-7-4-8-12-21)15-26(22)38-31(36)23(18)14-28(33)32-25(30(34)35)17-39-16-20-9-5-3-6-10-20/h3-13,15,25H,14,16-17H2,1-2H3,(H,32,33)(H,34,35)/t25-/m1/s1. The minimum absolute atomic E-state index is 0.196. The van der Waals surface area contributed by atoms with Gasteiger partial charge in [-0.3, -0.25) is 4.79 Å². The number of carboxylic acid groups (broad SMARTS) is 1. The quantitative estimate of drug-likeness (QED) is 0.225. The van der Waals surface area contributed by atoms with Crippen molar-refractivity contribution >= 4 is 45.6 Å². The fraction of sp³-hybridized carbons (Fsp3) is 0.194. The molecule has 1 amide bonds. The molecule has 5 rings (SSSR count). The Morgan fingerprint density at radius 1 is 0.923 bits per heavy atom. The molecule has 0 fully saturated rings. The number of carboxylic acids is 1. The molecular weight excluding hydrogens is 514 g/mol. The lowest BCUT2D eigenvalue weighted by atomic mass is 9.98. The maximum Gasteiger partial charge on any atom is 0.340 e. The van der Waals surface area contributed by atoms with E-state index in [1.165, 1.54) is 11.8 Å². The molecule has 3 aromatic carbocycles. The maximum atomic E-state index is 12.9. The van der Waals surface area contributed by atoms with Gasteiger partial charge in [0.15, 0.2) is 0 Å². The second-order valence-electron chi connectivity index (χ2n) is 9.37. The summed E-state index contributed by atoms with van der Waals surface area (Å²) in [7, 11) is 0. The lowest BCUT2D eigenvalue weighted by Crippen LogP contribution is -2.43. The molecule has 7 nitrogen and oxygen atoms in total. The summed E-state index contributed by atoms with van der Waals surface area (Å²) in [5, 5.41) is 13.8. The molecule has 0 spiro atoms. The van der Waals surface area contributed by atoms with Crippen LogP contribution >= 0.6 is 11.8 Å². The van der Waals surface area contributed by atoms with E-state index in [1.807, 2.05) is 73.7 Å². The second kappa shape index (κ2) is 11.2. The third-order valence-corrected chi connectivity index (χ3v) is 7.81. The average Bonchev–Trinajstić information content (AvgIpc) is 3.25. The third-order valence-electron chi connectivity index (χ3n) is 6.70. The van der Waals surface area contributed by atoms with Gasteiger partial charge < -0.3 is 19.3 Å². The SMILES string of the molecule is Cc1oc2cc3oc(=O)c(CC(=O)N[C@H](CSCc4ccccc4)C(=O)O)c(C)c3cc2c1-c1ccccc1. The van der Waals surface area contributed by atoms with E-state index in [9.17, 15) is 19.5 Å². The highest BCUT2D eigenvalue weighted by atomic mass is 32.2. The van der Waals surface area contributed by atoms with Gasteiger partial charge in [0.05, 0.1) is 12.0 Å². The van der Waals surface area contributed by atoms with E-state index < -0.39 is 23.5 Å². The summed E-state index contributed by atoms with van der Waals surface area (Å²) in [5.41, 5.74) is 4.17. The molecule has 0 bridgehead atoms. The van der Waals surface area contributed by atoms with Gasteiger partial charge in [-0.1, -0.05) is 60.7 Å². The van der Waals surface area contributed by atoms with Crippen LogP contribution in [-0.4, -0.2) is 28.8 Å². The van der Waals surface area contributed by atoms with Crippen molar-refractivity contribution in [2.24, 2.45) is 0 Å². The Kier molecular flexibility index (Phi) is 7.56. The zero-order valence-electron chi connectivity index (χ0n) is 21.5. The number of aliphatic carboxylic acids is 1. The van der Waals surface area contributed by atoms with Crippen molar-refractivity contribution in [3.05, 3.63) is 106 Å². The van der Waals surface area contributed by atoms with Crippen LogP contribution in [0, 0.1) is 13.8 Å². The van der Waals surface area contributed by atoms with E-state index in [-0.39, 0.29) is 17.7 Å². The van der Waals surface area contributed by atoms with Crippen LogP contribution < -0.4 is 10.9 Å². The lowest BCUT2D eigenvalue weighted by molar-refractivity contribution is -0.141. The lowest BCUT2D eigenvalue weighted by Gasteiger charge is -2.15. The van der Waals surface area contributed by atoms with Crippen molar-refractivity contribution < 1.29 is 23.5 Å². The van der Waals surface area contributed by atoms with Gasteiger partial charge in [0, 0.05) is 33.9 Å². The van der Waals surface area contributed by atoms with Crippen LogP contribution in [0.1, 0.15) is 22.5 Å². The van der Waals surface area contributed by atoms with Gasteiger partial charge in [-0.05, 0) is 36.6 Å². The molecule has 8 heteroatoms. The number of thioether (sulfide) groups is 1.